The van der Waals surface area contributed by atoms with Crippen molar-refractivity contribution in [2.45, 2.75) is 46.1 Å². The van der Waals surface area contributed by atoms with Crippen molar-refractivity contribution in [1.82, 2.24) is 15.1 Å². The lowest BCUT2D eigenvalue weighted by atomic mass is 9.99. The second kappa shape index (κ2) is 8.96. The Hall–Kier alpha value is -1.50. The first-order valence-electron chi connectivity index (χ1n) is 8.38. The zero-order valence-electron chi connectivity index (χ0n) is 14.8. The summed E-state index contributed by atoms with van der Waals surface area (Å²) in [5, 5.41) is 12.0. The number of carbonyl (C=O) groups is 2. The Morgan fingerprint density at radius 1 is 1.39 bits per heavy atom. The monoisotopic (exact) mass is 329 g/mol. The molecule has 0 bridgehead atoms. The summed E-state index contributed by atoms with van der Waals surface area (Å²) >= 11 is 0. The van der Waals surface area contributed by atoms with Crippen LogP contribution in [0, 0.1) is 5.92 Å². The molecular formula is C16H31N3O4. The molecule has 0 aliphatic carbocycles. The maximum absolute atomic E-state index is 12.1. The van der Waals surface area contributed by atoms with Gasteiger partial charge in [0, 0.05) is 39.3 Å². The molecule has 1 saturated heterocycles. The molecule has 23 heavy (non-hydrogen) atoms. The number of rotatable bonds is 5. The van der Waals surface area contributed by atoms with Crippen LogP contribution in [0.15, 0.2) is 0 Å². The third kappa shape index (κ3) is 7.07. The average Bonchev–Trinajstić information content (AvgIpc) is 2.49. The van der Waals surface area contributed by atoms with E-state index in [-0.39, 0.29) is 24.6 Å². The topological polar surface area (TPSA) is 82.1 Å². The predicted molar refractivity (Wildman–Crippen MR) is 88.3 cm³/mol. The maximum Gasteiger partial charge on any atom is 0.410 e. The smallest absolute Gasteiger partial charge is 0.410 e. The van der Waals surface area contributed by atoms with E-state index in [0.717, 1.165) is 12.8 Å². The molecule has 1 rings (SSSR count). The molecule has 0 spiro atoms. The molecule has 7 nitrogen and oxygen atoms in total. The highest BCUT2D eigenvalue weighted by Gasteiger charge is 2.24. The van der Waals surface area contributed by atoms with E-state index in [4.69, 9.17) is 4.74 Å². The van der Waals surface area contributed by atoms with Gasteiger partial charge in [-0.2, -0.15) is 0 Å². The Morgan fingerprint density at radius 3 is 2.65 bits per heavy atom. The minimum absolute atomic E-state index is 0.117. The SMILES string of the molecule is CCN(CCNC(=O)N1CCC[C@@H](CO)C1)C(=O)OC(C)(C)C. The van der Waals surface area contributed by atoms with E-state index in [0.29, 0.717) is 32.7 Å². The van der Waals surface area contributed by atoms with Crippen molar-refractivity contribution in [3.8, 4) is 0 Å². The Labute approximate surface area is 139 Å². The number of hydrogen-bond donors (Lipinski definition) is 2. The van der Waals surface area contributed by atoms with Gasteiger partial charge in [-0.1, -0.05) is 0 Å². The van der Waals surface area contributed by atoms with Gasteiger partial charge < -0.3 is 25.0 Å². The van der Waals surface area contributed by atoms with Crippen LogP contribution in [0.5, 0.6) is 0 Å². The standard InChI is InChI=1S/C16H31N3O4/c1-5-18(15(22)23-16(2,3)4)10-8-17-14(21)19-9-6-7-13(11-19)12-20/h13,20H,5-12H2,1-4H3,(H,17,21)/t13-/m1/s1. The van der Waals surface area contributed by atoms with Gasteiger partial charge in [0.25, 0.3) is 0 Å². The Balaban J connectivity index is 2.36. The van der Waals surface area contributed by atoms with Gasteiger partial charge in [0.2, 0.25) is 0 Å². The van der Waals surface area contributed by atoms with E-state index in [1.807, 2.05) is 27.7 Å². The fourth-order valence-corrected chi connectivity index (χ4v) is 2.51. The molecule has 0 saturated carbocycles. The molecule has 1 fully saturated rings. The lowest BCUT2D eigenvalue weighted by Crippen LogP contribution is -2.48. The Bertz CT molecular complexity index is 395. The largest absolute Gasteiger partial charge is 0.444 e. The molecule has 2 N–H and O–H groups in total. The van der Waals surface area contributed by atoms with E-state index >= 15 is 0 Å². The van der Waals surface area contributed by atoms with Gasteiger partial charge >= 0.3 is 12.1 Å². The molecule has 1 atom stereocenters. The number of urea groups is 1. The summed E-state index contributed by atoms with van der Waals surface area (Å²) in [6, 6.07) is -0.136. The van der Waals surface area contributed by atoms with Crippen LogP contribution in [-0.4, -0.2) is 72.0 Å². The number of hydrogen-bond acceptors (Lipinski definition) is 4. The summed E-state index contributed by atoms with van der Waals surface area (Å²) in [6.45, 7) is 10.1. The van der Waals surface area contributed by atoms with Crippen molar-refractivity contribution < 1.29 is 19.4 Å². The molecule has 3 amide bonds. The highest BCUT2D eigenvalue weighted by Crippen LogP contribution is 2.15. The zero-order valence-corrected chi connectivity index (χ0v) is 14.8. The van der Waals surface area contributed by atoms with E-state index in [1.165, 1.54) is 0 Å². The van der Waals surface area contributed by atoms with Crippen LogP contribution >= 0.6 is 0 Å². The van der Waals surface area contributed by atoms with E-state index in [1.54, 1.807) is 9.80 Å². The fraction of sp³-hybridized carbons (Fsp3) is 0.875. The van der Waals surface area contributed by atoms with Crippen molar-refractivity contribution in [2.24, 2.45) is 5.92 Å². The first-order chi connectivity index (χ1) is 10.8. The highest BCUT2D eigenvalue weighted by atomic mass is 16.6. The van der Waals surface area contributed by atoms with Gasteiger partial charge in [-0.05, 0) is 46.5 Å². The third-order valence-corrected chi connectivity index (χ3v) is 3.76. The first-order valence-corrected chi connectivity index (χ1v) is 8.38. The van der Waals surface area contributed by atoms with Crippen molar-refractivity contribution in [3.05, 3.63) is 0 Å². The Kier molecular flexibility index (Phi) is 7.61. The number of likely N-dealkylation sites (tertiary alicyclic amines) is 1. The first kappa shape index (κ1) is 19.5. The van der Waals surface area contributed by atoms with Crippen molar-refractivity contribution >= 4 is 12.1 Å². The number of nitrogens with zero attached hydrogens (tertiary/aromatic N) is 2. The Morgan fingerprint density at radius 2 is 2.09 bits per heavy atom. The molecular weight excluding hydrogens is 298 g/mol. The molecule has 7 heteroatoms. The molecule has 0 aromatic carbocycles. The summed E-state index contributed by atoms with van der Waals surface area (Å²) in [6.07, 6.45) is 1.51. The number of ether oxygens (including phenoxy) is 1. The predicted octanol–water partition coefficient (Wildman–Crippen LogP) is 1.66. The van der Waals surface area contributed by atoms with Gasteiger partial charge in [-0.3, -0.25) is 0 Å². The van der Waals surface area contributed by atoms with Crippen LogP contribution in [-0.2, 0) is 4.74 Å². The fourth-order valence-electron chi connectivity index (χ4n) is 2.51. The lowest BCUT2D eigenvalue weighted by Gasteiger charge is -2.32. The van der Waals surface area contributed by atoms with Crippen molar-refractivity contribution in [1.29, 1.82) is 0 Å². The molecule has 134 valence electrons. The molecule has 0 unspecified atom stereocenters. The second-order valence-electron chi connectivity index (χ2n) is 6.93. The normalized spacial score (nSPS) is 18.5. The van der Waals surface area contributed by atoms with Crippen molar-refractivity contribution in [3.63, 3.8) is 0 Å². The van der Waals surface area contributed by atoms with E-state index < -0.39 is 5.60 Å². The summed E-state index contributed by atoms with van der Waals surface area (Å²) in [4.78, 5) is 27.4. The molecule has 1 aliphatic rings. The van der Waals surface area contributed by atoms with Crippen LogP contribution < -0.4 is 5.32 Å². The quantitative estimate of drug-likeness (QED) is 0.803. The van der Waals surface area contributed by atoms with Gasteiger partial charge in [0.15, 0.2) is 0 Å². The molecule has 1 aliphatic heterocycles. The van der Waals surface area contributed by atoms with Gasteiger partial charge in [-0.25, -0.2) is 9.59 Å². The van der Waals surface area contributed by atoms with Crippen LogP contribution in [0.1, 0.15) is 40.5 Å². The van der Waals surface area contributed by atoms with Crippen LogP contribution in [0.2, 0.25) is 0 Å². The molecule has 0 aromatic heterocycles. The number of likely N-dealkylation sites (N-methyl/N-ethyl adjacent to an activating group) is 1. The summed E-state index contributed by atoms with van der Waals surface area (Å²) in [5.41, 5.74) is -0.527. The lowest BCUT2D eigenvalue weighted by molar-refractivity contribution is 0.0261. The minimum atomic E-state index is -0.527. The van der Waals surface area contributed by atoms with Crippen LogP contribution in [0.25, 0.3) is 0 Å². The summed E-state index contributed by atoms with van der Waals surface area (Å²) in [5.74, 6) is 0.170. The van der Waals surface area contributed by atoms with Gasteiger partial charge in [-0.15, -0.1) is 0 Å². The average molecular weight is 329 g/mol. The summed E-state index contributed by atoms with van der Waals surface area (Å²) in [7, 11) is 0. The van der Waals surface area contributed by atoms with Gasteiger partial charge in [0.05, 0.1) is 0 Å². The zero-order chi connectivity index (χ0) is 17.5. The number of amides is 3. The number of aliphatic hydroxyl groups is 1. The van der Waals surface area contributed by atoms with Crippen molar-refractivity contribution in [2.75, 3.05) is 39.3 Å². The third-order valence-electron chi connectivity index (χ3n) is 3.76. The van der Waals surface area contributed by atoms with Crippen LogP contribution in [0.4, 0.5) is 9.59 Å². The molecule has 1 heterocycles. The van der Waals surface area contributed by atoms with E-state index in [2.05, 4.69) is 5.32 Å². The number of piperidine rings is 1. The number of nitrogens with one attached hydrogen (secondary N) is 1. The molecule has 0 radical (unpaired) electrons. The highest BCUT2D eigenvalue weighted by molar-refractivity contribution is 5.74. The number of carbonyl (C=O) groups excluding carboxylic acids is 2. The number of aliphatic hydroxyl groups excluding tert-OH is 1. The van der Waals surface area contributed by atoms with E-state index in [9.17, 15) is 14.7 Å². The second-order valence-corrected chi connectivity index (χ2v) is 6.93. The van der Waals surface area contributed by atoms with Gasteiger partial charge in [0.1, 0.15) is 5.60 Å². The minimum Gasteiger partial charge on any atom is -0.444 e. The maximum atomic E-state index is 12.1. The summed E-state index contributed by atoms with van der Waals surface area (Å²) < 4.78 is 5.33. The molecule has 0 aromatic rings. The van der Waals surface area contributed by atoms with Crippen LogP contribution in [0.3, 0.4) is 0 Å².